The summed E-state index contributed by atoms with van der Waals surface area (Å²) in [6.07, 6.45) is 3.52. The van der Waals surface area contributed by atoms with Crippen LogP contribution < -0.4 is 27.1 Å². The molecule has 9 nitrogen and oxygen atoms in total. The number of aryl methyl sites for hydroxylation is 2. The van der Waals surface area contributed by atoms with Crippen molar-refractivity contribution in [3.8, 4) is 28.8 Å². The fourth-order valence-electron chi connectivity index (χ4n) is 3.40. The average molecular weight is 438 g/mol. The predicted molar refractivity (Wildman–Crippen MR) is 128 cm³/mol. The summed E-state index contributed by atoms with van der Waals surface area (Å²) in [6, 6.07) is 16.9. The van der Waals surface area contributed by atoms with Crippen molar-refractivity contribution < 1.29 is 4.74 Å². The Morgan fingerprint density at radius 1 is 0.939 bits per heavy atom. The Morgan fingerprint density at radius 3 is 2.21 bits per heavy atom. The zero-order valence-electron chi connectivity index (χ0n) is 18.1. The van der Waals surface area contributed by atoms with Gasteiger partial charge in [-0.2, -0.15) is 15.2 Å². The molecule has 4 aromatic rings. The summed E-state index contributed by atoms with van der Waals surface area (Å²) in [6.45, 7) is 3.92. The van der Waals surface area contributed by atoms with Gasteiger partial charge in [-0.3, -0.25) is 10.8 Å². The summed E-state index contributed by atoms with van der Waals surface area (Å²) >= 11 is 0. The van der Waals surface area contributed by atoms with E-state index < -0.39 is 0 Å². The van der Waals surface area contributed by atoms with Crippen molar-refractivity contribution in [2.75, 3.05) is 16.5 Å². The molecule has 164 valence electrons. The first-order chi connectivity index (χ1) is 16.0. The van der Waals surface area contributed by atoms with Gasteiger partial charge in [0.25, 0.3) is 5.88 Å². The van der Waals surface area contributed by atoms with E-state index in [-0.39, 0.29) is 23.3 Å². The molecule has 0 fully saturated rings. The van der Waals surface area contributed by atoms with E-state index in [4.69, 9.17) is 21.6 Å². The summed E-state index contributed by atoms with van der Waals surface area (Å²) in [5.74, 6) is 6.86. The highest BCUT2D eigenvalue weighted by Gasteiger charge is 2.17. The lowest BCUT2D eigenvalue weighted by atomic mass is 10.0. The third-order valence-corrected chi connectivity index (χ3v) is 4.99. The number of benzene rings is 2. The van der Waals surface area contributed by atoms with Gasteiger partial charge < -0.3 is 21.2 Å². The zero-order valence-corrected chi connectivity index (χ0v) is 18.1. The molecule has 0 atom stereocenters. The van der Waals surface area contributed by atoms with Gasteiger partial charge in [-0.25, -0.2) is 0 Å². The number of hydrogen-bond acceptors (Lipinski definition) is 9. The summed E-state index contributed by atoms with van der Waals surface area (Å²) in [4.78, 5) is 12.8. The number of pyridine rings is 1. The summed E-state index contributed by atoms with van der Waals surface area (Å²) in [7, 11) is 0. The molecule has 0 bridgehead atoms. The summed E-state index contributed by atoms with van der Waals surface area (Å²) in [5, 5.41) is 12.0. The number of nitrogens with zero attached hydrogens (tertiary/aromatic N) is 4. The molecule has 0 amide bonds. The van der Waals surface area contributed by atoms with Gasteiger partial charge in [-0.1, -0.05) is 0 Å². The molecular weight excluding hydrogens is 416 g/mol. The molecule has 0 aliphatic heterocycles. The number of aromatic nitrogens is 3. The molecular formula is C24H22N8O. The maximum Gasteiger partial charge on any atom is 0.251 e. The lowest BCUT2D eigenvalue weighted by Crippen LogP contribution is -2.14. The van der Waals surface area contributed by atoms with Crippen LogP contribution in [0.2, 0.25) is 0 Å². The van der Waals surface area contributed by atoms with Crippen LogP contribution in [-0.2, 0) is 0 Å². The van der Waals surface area contributed by atoms with Crippen molar-refractivity contribution in [1.82, 2.24) is 15.0 Å². The van der Waals surface area contributed by atoms with E-state index in [0.29, 0.717) is 17.0 Å². The van der Waals surface area contributed by atoms with Gasteiger partial charge in [-0.05, 0) is 84.6 Å². The number of hydrogen-bond donors (Lipinski definition) is 4. The van der Waals surface area contributed by atoms with Crippen molar-refractivity contribution in [3.63, 3.8) is 0 Å². The van der Waals surface area contributed by atoms with Gasteiger partial charge in [0.15, 0.2) is 11.5 Å². The van der Waals surface area contributed by atoms with Gasteiger partial charge in [0.2, 0.25) is 5.95 Å². The minimum absolute atomic E-state index is 0.127. The highest BCUT2D eigenvalue weighted by atomic mass is 16.5. The number of rotatable bonds is 6. The van der Waals surface area contributed by atoms with Crippen LogP contribution in [0.5, 0.6) is 11.6 Å². The van der Waals surface area contributed by atoms with E-state index in [2.05, 4.69) is 31.8 Å². The molecule has 0 spiro atoms. The predicted octanol–water partition coefficient (Wildman–Crippen LogP) is 4.43. The molecule has 0 aliphatic carbocycles. The Morgan fingerprint density at radius 2 is 1.61 bits per heavy atom. The Bertz CT molecular complexity index is 1310. The third kappa shape index (κ3) is 4.66. The zero-order chi connectivity index (χ0) is 23.4. The van der Waals surface area contributed by atoms with Crippen molar-refractivity contribution in [3.05, 3.63) is 77.6 Å². The van der Waals surface area contributed by atoms with E-state index in [1.165, 1.54) is 0 Å². The topological polar surface area (TPSA) is 148 Å². The Hall–Kier alpha value is -4.68. The maximum absolute atomic E-state index is 8.97. The molecule has 9 heteroatoms. The van der Waals surface area contributed by atoms with Crippen LogP contribution in [0.15, 0.2) is 60.9 Å². The minimum atomic E-state index is 0.127. The highest BCUT2D eigenvalue weighted by Crippen LogP contribution is 2.37. The molecule has 2 heterocycles. The van der Waals surface area contributed by atoms with E-state index in [1.54, 1.807) is 36.7 Å². The van der Waals surface area contributed by atoms with Crippen molar-refractivity contribution in [2.24, 2.45) is 5.84 Å². The Balaban J connectivity index is 1.67. The standard InChI is InChI=1S/C24H22N8O/c1-14-11-18(17-7-9-28-10-8-17)12-15(2)21(14)33-23-20(32-27)22(26)30-24(31-23)29-19-5-3-16(13-25)4-6-19/h3-12,32H,27H2,1-2H3,(H3,26,29,30,31). The fourth-order valence-corrected chi connectivity index (χ4v) is 3.40. The number of hydrazine groups is 1. The van der Waals surface area contributed by atoms with Gasteiger partial charge in [0.1, 0.15) is 5.75 Å². The van der Waals surface area contributed by atoms with Crippen LogP contribution in [0.4, 0.5) is 23.1 Å². The minimum Gasteiger partial charge on any atom is -0.436 e. The van der Waals surface area contributed by atoms with Crippen molar-refractivity contribution in [1.29, 1.82) is 5.26 Å². The fraction of sp³-hybridized carbons (Fsp3) is 0.0833. The molecule has 0 unspecified atom stereocenters. The van der Waals surface area contributed by atoms with Gasteiger partial charge in [0.05, 0.1) is 11.6 Å². The second kappa shape index (κ2) is 9.21. The molecule has 4 rings (SSSR count). The van der Waals surface area contributed by atoms with Crippen LogP contribution in [0.1, 0.15) is 16.7 Å². The van der Waals surface area contributed by atoms with Gasteiger partial charge >= 0.3 is 0 Å². The average Bonchev–Trinajstić information content (AvgIpc) is 2.82. The van der Waals surface area contributed by atoms with Crippen LogP contribution in [0, 0.1) is 25.2 Å². The van der Waals surface area contributed by atoms with E-state index in [9.17, 15) is 0 Å². The quantitative estimate of drug-likeness (QED) is 0.253. The van der Waals surface area contributed by atoms with Crippen LogP contribution in [0.3, 0.4) is 0 Å². The van der Waals surface area contributed by atoms with Crippen LogP contribution in [0.25, 0.3) is 11.1 Å². The number of anilines is 4. The first-order valence-corrected chi connectivity index (χ1v) is 10.1. The normalized spacial score (nSPS) is 10.4. The number of nitriles is 1. The largest absolute Gasteiger partial charge is 0.436 e. The van der Waals surface area contributed by atoms with Gasteiger partial charge in [-0.15, -0.1) is 0 Å². The van der Waals surface area contributed by atoms with Crippen molar-refractivity contribution in [2.45, 2.75) is 13.8 Å². The number of nitrogens with one attached hydrogen (secondary N) is 2. The maximum atomic E-state index is 8.97. The second-order valence-corrected chi connectivity index (χ2v) is 7.35. The number of nitrogen functional groups attached to an aromatic ring is 2. The number of nitrogens with two attached hydrogens (primary N) is 2. The molecule has 33 heavy (non-hydrogen) atoms. The van der Waals surface area contributed by atoms with Gasteiger partial charge in [0, 0.05) is 18.1 Å². The second-order valence-electron chi connectivity index (χ2n) is 7.35. The molecule has 2 aromatic heterocycles. The number of ether oxygens (including phenoxy) is 1. The monoisotopic (exact) mass is 438 g/mol. The molecule has 0 saturated carbocycles. The lowest BCUT2D eigenvalue weighted by Gasteiger charge is -2.17. The smallest absolute Gasteiger partial charge is 0.251 e. The van der Waals surface area contributed by atoms with E-state index >= 15 is 0 Å². The Kier molecular flexibility index (Phi) is 6.02. The third-order valence-electron chi connectivity index (χ3n) is 4.99. The molecule has 2 aromatic carbocycles. The SMILES string of the molecule is Cc1cc(-c2ccncc2)cc(C)c1Oc1nc(Nc2ccc(C#N)cc2)nc(N)c1NN. The lowest BCUT2D eigenvalue weighted by molar-refractivity contribution is 0.458. The molecule has 6 N–H and O–H groups in total. The van der Waals surface area contributed by atoms with Crippen molar-refractivity contribution >= 4 is 23.1 Å². The Labute approximate surface area is 191 Å². The highest BCUT2D eigenvalue weighted by molar-refractivity contribution is 5.72. The summed E-state index contributed by atoms with van der Waals surface area (Å²) in [5.41, 5.74) is 14.1. The van der Waals surface area contributed by atoms with E-state index in [1.807, 2.05) is 38.1 Å². The molecule has 0 radical (unpaired) electrons. The first-order valence-electron chi connectivity index (χ1n) is 10.1. The van der Waals surface area contributed by atoms with Crippen LogP contribution >= 0.6 is 0 Å². The van der Waals surface area contributed by atoms with Crippen LogP contribution in [-0.4, -0.2) is 15.0 Å². The summed E-state index contributed by atoms with van der Waals surface area (Å²) < 4.78 is 6.18. The first kappa shape index (κ1) is 21.5. The molecule has 0 saturated heterocycles. The molecule has 0 aliphatic rings. The van der Waals surface area contributed by atoms with E-state index in [0.717, 1.165) is 22.3 Å².